The summed E-state index contributed by atoms with van der Waals surface area (Å²) in [5.74, 6) is -1.30. The summed E-state index contributed by atoms with van der Waals surface area (Å²) in [6.45, 7) is 3.58. The first-order valence-electron chi connectivity index (χ1n) is 5.39. The molecule has 0 saturated heterocycles. The van der Waals surface area contributed by atoms with Crippen molar-refractivity contribution in [3.63, 3.8) is 0 Å². The van der Waals surface area contributed by atoms with Crippen LogP contribution in [0.1, 0.15) is 43.1 Å². The molecule has 0 aliphatic rings. The number of carboxylic acid groups (broad SMARTS) is 1. The second-order valence-corrected chi connectivity index (χ2v) is 5.94. The number of aryl methyl sites for hydroxylation is 1. The van der Waals surface area contributed by atoms with Crippen LogP contribution in [0.2, 0.25) is 0 Å². The van der Waals surface area contributed by atoms with Crippen LogP contribution >= 0.6 is 22.7 Å². The Bertz CT molecular complexity index is 620. The quantitative estimate of drug-likeness (QED) is 0.901. The number of hydrogen-bond acceptors (Lipinski definition) is 6. The Labute approximate surface area is 117 Å². The summed E-state index contributed by atoms with van der Waals surface area (Å²) in [5.41, 5.74) is -0.00488. The molecule has 0 saturated carbocycles. The molecule has 19 heavy (non-hydrogen) atoms. The Morgan fingerprint density at radius 3 is 2.74 bits per heavy atom. The highest BCUT2D eigenvalue weighted by Gasteiger charge is 2.17. The molecule has 8 heteroatoms. The second-order valence-electron chi connectivity index (χ2n) is 3.81. The molecule has 0 aromatic carbocycles. The van der Waals surface area contributed by atoms with Gasteiger partial charge in [0, 0.05) is 5.38 Å². The molecule has 6 nitrogen and oxygen atoms in total. The first-order chi connectivity index (χ1) is 8.97. The second kappa shape index (κ2) is 5.45. The fraction of sp³-hybridized carbons (Fsp3) is 0.273. The van der Waals surface area contributed by atoms with Crippen molar-refractivity contribution >= 4 is 34.6 Å². The highest BCUT2D eigenvalue weighted by atomic mass is 32.1. The lowest BCUT2D eigenvalue weighted by Gasteiger charge is -2.09. The lowest BCUT2D eigenvalue weighted by Crippen LogP contribution is -2.25. The maximum absolute atomic E-state index is 11.9. The van der Waals surface area contributed by atoms with E-state index in [1.807, 2.05) is 6.92 Å². The molecule has 0 aliphatic heterocycles. The molecule has 0 bridgehead atoms. The molecule has 0 radical (unpaired) electrons. The van der Waals surface area contributed by atoms with Crippen LogP contribution in [0.3, 0.4) is 0 Å². The van der Waals surface area contributed by atoms with Crippen LogP contribution in [0, 0.1) is 6.92 Å². The van der Waals surface area contributed by atoms with E-state index in [2.05, 4.69) is 15.3 Å². The van der Waals surface area contributed by atoms with E-state index in [1.54, 1.807) is 6.92 Å². The lowest BCUT2D eigenvalue weighted by atomic mass is 10.3. The van der Waals surface area contributed by atoms with E-state index in [0.29, 0.717) is 9.88 Å². The number of carboxylic acids is 1. The fourth-order valence-electron chi connectivity index (χ4n) is 1.38. The lowest BCUT2D eigenvalue weighted by molar-refractivity contribution is 0.0691. The number of nitrogens with one attached hydrogen (secondary N) is 1. The summed E-state index contributed by atoms with van der Waals surface area (Å²) in [4.78, 5) is 31.1. The third-order valence-electron chi connectivity index (χ3n) is 2.30. The Hall–Kier alpha value is -1.80. The molecule has 2 rings (SSSR count). The maximum atomic E-state index is 11.9. The van der Waals surface area contributed by atoms with Crippen molar-refractivity contribution in [2.24, 2.45) is 0 Å². The molecular weight excluding hydrogens is 286 g/mol. The van der Waals surface area contributed by atoms with Crippen molar-refractivity contribution in [1.82, 2.24) is 15.3 Å². The zero-order chi connectivity index (χ0) is 14.0. The van der Waals surface area contributed by atoms with Gasteiger partial charge in [0.15, 0.2) is 5.69 Å². The van der Waals surface area contributed by atoms with E-state index in [-0.39, 0.29) is 17.6 Å². The average molecular weight is 297 g/mol. The number of carbonyl (C=O) groups is 2. The highest BCUT2D eigenvalue weighted by molar-refractivity contribution is 7.13. The van der Waals surface area contributed by atoms with Crippen molar-refractivity contribution in [2.45, 2.75) is 19.9 Å². The van der Waals surface area contributed by atoms with Gasteiger partial charge in [0.2, 0.25) is 0 Å². The predicted molar refractivity (Wildman–Crippen MR) is 71.8 cm³/mol. The summed E-state index contributed by atoms with van der Waals surface area (Å²) in [6.07, 6.45) is 1.52. The first kappa shape index (κ1) is 13.6. The summed E-state index contributed by atoms with van der Waals surface area (Å²) in [5, 5.41) is 14.4. The number of amides is 1. The molecule has 2 aromatic heterocycles. The number of nitrogens with zero attached hydrogens (tertiary/aromatic N) is 2. The van der Waals surface area contributed by atoms with Gasteiger partial charge in [-0.15, -0.1) is 22.7 Å². The zero-order valence-corrected chi connectivity index (χ0v) is 11.8. The van der Waals surface area contributed by atoms with Crippen molar-refractivity contribution in [2.75, 3.05) is 0 Å². The first-order valence-corrected chi connectivity index (χ1v) is 7.09. The molecule has 0 fully saturated rings. The molecular formula is C11H11N3O3S2. The van der Waals surface area contributed by atoms with Gasteiger partial charge in [-0.1, -0.05) is 0 Å². The average Bonchev–Trinajstić information content (AvgIpc) is 2.96. The van der Waals surface area contributed by atoms with Gasteiger partial charge in [-0.25, -0.2) is 14.8 Å². The van der Waals surface area contributed by atoms with E-state index >= 15 is 0 Å². The number of aromatic nitrogens is 2. The predicted octanol–water partition coefficient (Wildman–Crippen LogP) is 2.10. The number of thiazole rings is 2. The number of aromatic carboxylic acids is 1. The topological polar surface area (TPSA) is 92.2 Å². The van der Waals surface area contributed by atoms with E-state index in [9.17, 15) is 9.59 Å². The van der Waals surface area contributed by atoms with Gasteiger partial charge in [0.1, 0.15) is 9.88 Å². The van der Waals surface area contributed by atoms with Crippen molar-refractivity contribution < 1.29 is 14.7 Å². The minimum Gasteiger partial charge on any atom is -0.476 e. The zero-order valence-electron chi connectivity index (χ0n) is 10.2. The van der Waals surface area contributed by atoms with E-state index in [1.165, 1.54) is 34.3 Å². The monoisotopic (exact) mass is 297 g/mol. The smallest absolute Gasteiger partial charge is 0.355 e. The Kier molecular flexibility index (Phi) is 3.91. The van der Waals surface area contributed by atoms with Gasteiger partial charge in [-0.05, 0) is 13.8 Å². The minimum atomic E-state index is -1.07. The van der Waals surface area contributed by atoms with Gasteiger partial charge in [0.05, 0.1) is 17.2 Å². The Balaban J connectivity index is 2.05. The molecule has 2 heterocycles. The van der Waals surface area contributed by atoms with Crippen LogP contribution < -0.4 is 5.32 Å². The molecule has 0 spiro atoms. The fourth-order valence-corrected chi connectivity index (χ4v) is 2.86. The number of hydrogen-bond donors (Lipinski definition) is 2. The summed E-state index contributed by atoms with van der Waals surface area (Å²) >= 11 is 2.52. The van der Waals surface area contributed by atoms with E-state index < -0.39 is 5.97 Å². The molecule has 0 aliphatic carbocycles. The molecule has 1 unspecified atom stereocenters. The largest absolute Gasteiger partial charge is 0.476 e. The van der Waals surface area contributed by atoms with Crippen LogP contribution in [0.15, 0.2) is 11.6 Å². The van der Waals surface area contributed by atoms with Crippen molar-refractivity contribution in [3.8, 4) is 0 Å². The number of rotatable bonds is 4. The Morgan fingerprint density at radius 2 is 2.21 bits per heavy atom. The molecule has 2 aromatic rings. The van der Waals surface area contributed by atoms with Crippen LogP contribution in [0.5, 0.6) is 0 Å². The third-order valence-corrected chi connectivity index (χ3v) is 4.24. The third kappa shape index (κ3) is 3.15. The summed E-state index contributed by atoms with van der Waals surface area (Å²) in [7, 11) is 0. The molecule has 2 N–H and O–H groups in total. The van der Waals surface area contributed by atoms with Crippen LogP contribution in [-0.2, 0) is 0 Å². The van der Waals surface area contributed by atoms with E-state index in [4.69, 9.17) is 5.11 Å². The normalized spacial score (nSPS) is 12.1. The van der Waals surface area contributed by atoms with Crippen LogP contribution in [-0.4, -0.2) is 27.0 Å². The molecule has 100 valence electrons. The SMILES string of the molecule is Cc1ncc(C(=O)NC(C)c2nc(C(=O)O)cs2)s1. The van der Waals surface area contributed by atoms with Gasteiger partial charge in [-0.3, -0.25) is 4.79 Å². The van der Waals surface area contributed by atoms with Crippen LogP contribution in [0.4, 0.5) is 0 Å². The number of carbonyl (C=O) groups excluding carboxylic acids is 1. The van der Waals surface area contributed by atoms with Gasteiger partial charge < -0.3 is 10.4 Å². The summed E-state index contributed by atoms with van der Waals surface area (Å²) in [6, 6.07) is -0.340. The van der Waals surface area contributed by atoms with Gasteiger partial charge in [-0.2, -0.15) is 0 Å². The standard InChI is InChI=1S/C11H11N3O3S2/c1-5(10-14-7(4-18-10)11(16)17)13-9(15)8-3-12-6(2)19-8/h3-5H,1-2H3,(H,13,15)(H,16,17). The highest BCUT2D eigenvalue weighted by Crippen LogP contribution is 2.19. The van der Waals surface area contributed by atoms with Gasteiger partial charge >= 0.3 is 5.97 Å². The van der Waals surface area contributed by atoms with E-state index in [0.717, 1.165) is 5.01 Å². The molecule has 1 amide bonds. The Morgan fingerprint density at radius 1 is 1.47 bits per heavy atom. The van der Waals surface area contributed by atoms with Crippen molar-refractivity contribution in [3.05, 3.63) is 32.2 Å². The molecule has 1 atom stereocenters. The van der Waals surface area contributed by atoms with Crippen molar-refractivity contribution in [1.29, 1.82) is 0 Å². The van der Waals surface area contributed by atoms with Crippen LogP contribution in [0.25, 0.3) is 0 Å². The minimum absolute atomic E-state index is 0.00488. The summed E-state index contributed by atoms with van der Waals surface area (Å²) < 4.78 is 0. The van der Waals surface area contributed by atoms with Gasteiger partial charge in [0.25, 0.3) is 5.91 Å². The maximum Gasteiger partial charge on any atom is 0.355 e.